The van der Waals surface area contributed by atoms with Crippen molar-refractivity contribution in [3.63, 3.8) is 0 Å². The third kappa shape index (κ3) is 5.90. The molecule has 1 unspecified atom stereocenters. The molecular formula is C17H27Cl2N3O2. The van der Waals surface area contributed by atoms with Crippen LogP contribution in [0, 0.1) is 0 Å². The maximum Gasteiger partial charge on any atom is 0.225 e. The Hall–Kier alpha value is -0.850. The number of nitrogens with two attached hydrogens (primary N) is 1. The van der Waals surface area contributed by atoms with Crippen molar-refractivity contribution >= 4 is 30.7 Å². The number of hydrogen-bond acceptors (Lipinski definition) is 4. The molecule has 0 bridgehead atoms. The van der Waals surface area contributed by atoms with Crippen molar-refractivity contribution < 1.29 is 9.53 Å². The number of nitrogens with zero attached hydrogens (tertiary/aromatic N) is 2. The largest absolute Gasteiger partial charge is 0.375 e. The molecule has 1 aromatic rings. The van der Waals surface area contributed by atoms with Crippen LogP contribution in [0.2, 0.25) is 0 Å². The van der Waals surface area contributed by atoms with Crippen LogP contribution < -0.4 is 5.73 Å². The molecule has 3 rings (SSSR count). The predicted octanol–water partition coefficient (Wildman–Crippen LogP) is 1.68. The van der Waals surface area contributed by atoms with Crippen LogP contribution in [-0.2, 0) is 16.1 Å². The van der Waals surface area contributed by atoms with Gasteiger partial charge in [0, 0.05) is 38.8 Å². The van der Waals surface area contributed by atoms with Gasteiger partial charge in [-0.3, -0.25) is 9.69 Å². The Balaban J connectivity index is 0.00000144. The van der Waals surface area contributed by atoms with Gasteiger partial charge < -0.3 is 15.4 Å². The van der Waals surface area contributed by atoms with Crippen molar-refractivity contribution in [3.8, 4) is 0 Å². The molecule has 2 atom stereocenters. The molecule has 24 heavy (non-hydrogen) atoms. The zero-order valence-electron chi connectivity index (χ0n) is 13.8. The highest BCUT2D eigenvalue weighted by atomic mass is 35.5. The maximum atomic E-state index is 12.3. The summed E-state index contributed by atoms with van der Waals surface area (Å²) in [5, 5.41) is 0. The number of amides is 1. The van der Waals surface area contributed by atoms with E-state index in [9.17, 15) is 4.79 Å². The van der Waals surface area contributed by atoms with Crippen molar-refractivity contribution in [2.75, 3.05) is 32.8 Å². The fraction of sp³-hybridized carbons (Fsp3) is 0.588. The second-order valence-corrected chi connectivity index (χ2v) is 6.31. The van der Waals surface area contributed by atoms with Gasteiger partial charge in [-0.2, -0.15) is 0 Å². The van der Waals surface area contributed by atoms with E-state index in [-0.39, 0.29) is 42.9 Å². The molecule has 2 N–H and O–H groups in total. The van der Waals surface area contributed by atoms with Crippen molar-refractivity contribution in [2.24, 2.45) is 5.73 Å². The first-order chi connectivity index (χ1) is 10.7. The summed E-state index contributed by atoms with van der Waals surface area (Å²) in [6, 6.07) is 10.6. The third-order valence-electron chi connectivity index (χ3n) is 4.45. The van der Waals surface area contributed by atoms with Crippen LogP contribution in [0.1, 0.15) is 18.4 Å². The van der Waals surface area contributed by atoms with Crippen LogP contribution in [0.15, 0.2) is 30.3 Å². The average Bonchev–Trinajstić information content (AvgIpc) is 2.95. The van der Waals surface area contributed by atoms with E-state index in [0.717, 1.165) is 32.6 Å². The van der Waals surface area contributed by atoms with Crippen molar-refractivity contribution in [1.29, 1.82) is 0 Å². The molecule has 2 saturated heterocycles. The molecule has 2 fully saturated rings. The van der Waals surface area contributed by atoms with Crippen molar-refractivity contribution in [2.45, 2.75) is 31.5 Å². The normalized spacial score (nSPS) is 24.1. The topological polar surface area (TPSA) is 58.8 Å². The van der Waals surface area contributed by atoms with Gasteiger partial charge >= 0.3 is 0 Å². The molecular weight excluding hydrogens is 349 g/mol. The summed E-state index contributed by atoms with van der Waals surface area (Å²) in [4.78, 5) is 16.5. The molecule has 0 aliphatic carbocycles. The smallest absolute Gasteiger partial charge is 0.225 e. The highest BCUT2D eigenvalue weighted by Crippen LogP contribution is 2.15. The Morgan fingerprint density at radius 2 is 1.92 bits per heavy atom. The van der Waals surface area contributed by atoms with Gasteiger partial charge in [0.1, 0.15) is 0 Å². The monoisotopic (exact) mass is 375 g/mol. The summed E-state index contributed by atoms with van der Waals surface area (Å²) in [6.45, 7) is 4.85. The van der Waals surface area contributed by atoms with E-state index in [1.54, 1.807) is 0 Å². The van der Waals surface area contributed by atoms with Gasteiger partial charge in [0.25, 0.3) is 0 Å². The zero-order valence-corrected chi connectivity index (χ0v) is 15.4. The van der Waals surface area contributed by atoms with Gasteiger partial charge in [-0.1, -0.05) is 30.3 Å². The number of rotatable bonds is 4. The number of hydrogen-bond donors (Lipinski definition) is 1. The molecule has 7 heteroatoms. The summed E-state index contributed by atoms with van der Waals surface area (Å²) in [5.41, 5.74) is 7.18. The summed E-state index contributed by atoms with van der Waals surface area (Å²) in [6.07, 6.45) is 1.39. The first kappa shape index (κ1) is 21.2. The summed E-state index contributed by atoms with van der Waals surface area (Å²) < 4.78 is 5.78. The Bertz CT molecular complexity index is 504. The fourth-order valence-electron chi connectivity index (χ4n) is 3.23. The van der Waals surface area contributed by atoms with Gasteiger partial charge in [0.05, 0.1) is 19.1 Å². The Morgan fingerprint density at radius 1 is 1.17 bits per heavy atom. The second-order valence-electron chi connectivity index (χ2n) is 6.31. The van der Waals surface area contributed by atoms with Gasteiger partial charge in [0.2, 0.25) is 5.91 Å². The van der Waals surface area contributed by atoms with E-state index in [1.165, 1.54) is 5.56 Å². The molecule has 2 aliphatic heterocycles. The van der Waals surface area contributed by atoms with Crippen LogP contribution in [0.3, 0.4) is 0 Å². The number of morpholine rings is 1. The Morgan fingerprint density at radius 3 is 2.58 bits per heavy atom. The highest BCUT2D eigenvalue weighted by Gasteiger charge is 2.28. The van der Waals surface area contributed by atoms with Crippen molar-refractivity contribution in [3.05, 3.63) is 35.9 Å². The van der Waals surface area contributed by atoms with E-state index in [0.29, 0.717) is 19.6 Å². The van der Waals surface area contributed by atoms with Crippen LogP contribution in [0.4, 0.5) is 0 Å². The molecule has 0 radical (unpaired) electrons. The van der Waals surface area contributed by atoms with E-state index in [1.807, 2.05) is 11.0 Å². The molecule has 136 valence electrons. The van der Waals surface area contributed by atoms with Gasteiger partial charge in [-0.05, 0) is 12.0 Å². The van der Waals surface area contributed by atoms with E-state index in [2.05, 4.69) is 29.2 Å². The highest BCUT2D eigenvalue weighted by molar-refractivity contribution is 5.85. The lowest BCUT2D eigenvalue weighted by Crippen LogP contribution is -2.44. The lowest BCUT2D eigenvalue weighted by molar-refractivity contribution is -0.135. The minimum absolute atomic E-state index is 0. The molecule has 2 heterocycles. The molecule has 5 nitrogen and oxygen atoms in total. The van der Waals surface area contributed by atoms with Crippen LogP contribution >= 0.6 is 24.8 Å². The quantitative estimate of drug-likeness (QED) is 0.869. The second kappa shape index (κ2) is 10.2. The van der Waals surface area contributed by atoms with Crippen LogP contribution in [-0.4, -0.2) is 60.6 Å². The lowest BCUT2D eigenvalue weighted by atomic mass is 10.1. The van der Waals surface area contributed by atoms with E-state index in [4.69, 9.17) is 10.5 Å². The van der Waals surface area contributed by atoms with Gasteiger partial charge in [-0.25, -0.2) is 0 Å². The predicted molar refractivity (Wildman–Crippen MR) is 99.7 cm³/mol. The maximum absolute atomic E-state index is 12.3. The Kier molecular flexibility index (Phi) is 9.02. The SMILES string of the molecule is Cl.Cl.N[C@@H]1CCN(C(=O)CC2CN(Cc3ccccc3)CCO2)C1. The van der Waals surface area contributed by atoms with Gasteiger partial charge in [0.15, 0.2) is 0 Å². The third-order valence-corrected chi connectivity index (χ3v) is 4.45. The molecule has 0 spiro atoms. The summed E-state index contributed by atoms with van der Waals surface area (Å²) >= 11 is 0. The minimum Gasteiger partial charge on any atom is -0.375 e. The van der Waals surface area contributed by atoms with E-state index < -0.39 is 0 Å². The molecule has 0 aromatic heterocycles. The first-order valence-electron chi connectivity index (χ1n) is 8.12. The van der Waals surface area contributed by atoms with E-state index >= 15 is 0 Å². The molecule has 2 aliphatic rings. The van der Waals surface area contributed by atoms with Gasteiger partial charge in [-0.15, -0.1) is 24.8 Å². The molecule has 0 saturated carbocycles. The zero-order chi connectivity index (χ0) is 15.4. The Labute approximate surface area is 156 Å². The van der Waals surface area contributed by atoms with Crippen LogP contribution in [0.5, 0.6) is 0 Å². The minimum atomic E-state index is 0. The lowest BCUT2D eigenvalue weighted by Gasteiger charge is -2.33. The first-order valence-corrected chi connectivity index (χ1v) is 8.12. The fourth-order valence-corrected chi connectivity index (χ4v) is 3.23. The molecule has 1 aromatic carbocycles. The number of likely N-dealkylation sites (tertiary alicyclic amines) is 1. The number of benzene rings is 1. The number of halogens is 2. The number of ether oxygens (including phenoxy) is 1. The average molecular weight is 376 g/mol. The number of carbonyl (C=O) groups excluding carboxylic acids is 1. The summed E-state index contributed by atoms with van der Waals surface area (Å²) in [7, 11) is 0. The standard InChI is InChI=1S/C17H25N3O2.2ClH/c18-15-6-7-20(12-15)17(21)10-16-13-19(8-9-22-16)11-14-4-2-1-3-5-14;;/h1-5,15-16H,6-13,18H2;2*1H/t15-,16?;;/m1../s1. The van der Waals surface area contributed by atoms with Crippen molar-refractivity contribution in [1.82, 2.24) is 9.80 Å². The molecule has 1 amide bonds. The van der Waals surface area contributed by atoms with Crippen LogP contribution in [0.25, 0.3) is 0 Å². The summed E-state index contributed by atoms with van der Waals surface area (Å²) in [5.74, 6) is 0.180. The number of carbonyl (C=O) groups is 1.